The number of hydrogen-bond donors (Lipinski definition) is 3. The summed E-state index contributed by atoms with van der Waals surface area (Å²) < 4.78 is 53.3. The van der Waals surface area contributed by atoms with Crippen molar-refractivity contribution >= 4 is 11.9 Å². The standard InChI is InChI=1S/C25H40O6.H3N/c1-6-25(4,5)24(30)31-21-12-15(2)11-17-8-7-16(3)20(23(17)21)10-9-18(26)13-19(27)14-22(28)29;/h7-8,11,15-16,18-21,23,26-27H,6,9-10,12-14H2,1-5H3,(H,28,29);1H3/t15-,16-,18+,19+,20-,21-,23-;/m1./s1/i4D3,5D3;. The number of hydrogen-bond acceptors (Lipinski definition) is 6. The molecule has 32 heavy (non-hydrogen) atoms. The molecule has 0 unspecified atom stereocenters. The van der Waals surface area contributed by atoms with E-state index >= 15 is 0 Å². The summed E-state index contributed by atoms with van der Waals surface area (Å²) in [5.74, 6) is -3.09. The first-order valence-corrected chi connectivity index (χ1v) is 11.1. The normalized spacial score (nSPS) is 32.8. The fraction of sp³-hybridized carbons (Fsp3) is 0.760. The van der Waals surface area contributed by atoms with Gasteiger partial charge in [-0.15, -0.1) is 0 Å². The summed E-state index contributed by atoms with van der Waals surface area (Å²) in [5.41, 5.74) is -1.74. The van der Waals surface area contributed by atoms with Crippen LogP contribution < -0.4 is 11.3 Å². The molecular weight excluding hydrogens is 410 g/mol. The van der Waals surface area contributed by atoms with Gasteiger partial charge in [-0.05, 0) is 69.1 Å². The topological polar surface area (TPSA) is 143 Å². The van der Waals surface area contributed by atoms with Crippen LogP contribution in [0.25, 0.3) is 0 Å². The molecule has 0 aromatic heterocycles. The van der Waals surface area contributed by atoms with Crippen molar-refractivity contribution in [3.8, 4) is 0 Å². The number of allylic oxidation sites excluding steroid dienone is 3. The van der Waals surface area contributed by atoms with E-state index in [1.165, 1.54) is 6.92 Å². The molecule has 2 aliphatic carbocycles. The van der Waals surface area contributed by atoms with E-state index in [0.29, 0.717) is 12.8 Å². The zero-order chi connectivity index (χ0) is 28.3. The van der Waals surface area contributed by atoms with Crippen LogP contribution in [0.3, 0.4) is 0 Å². The number of fused-ring (bicyclic) bond motifs is 1. The highest BCUT2D eigenvalue weighted by atomic mass is 16.5. The van der Waals surface area contributed by atoms with Crippen molar-refractivity contribution in [3.05, 3.63) is 23.8 Å². The Balaban J connectivity index is 0.00000722. The maximum absolute atomic E-state index is 13.4. The third-order valence-electron chi connectivity index (χ3n) is 6.51. The first-order chi connectivity index (χ1) is 16.9. The molecule has 0 heterocycles. The molecule has 0 spiro atoms. The van der Waals surface area contributed by atoms with E-state index in [2.05, 4.69) is 6.08 Å². The summed E-state index contributed by atoms with van der Waals surface area (Å²) in [6.07, 6.45) is 3.07. The van der Waals surface area contributed by atoms with Gasteiger partial charge in [-0.3, -0.25) is 4.79 Å². The minimum Gasteiger partial charge on any atom is -0.550 e. The Kier molecular flexibility index (Phi) is 7.38. The average molecular weight is 460 g/mol. The lowest BCUT2D eigenvalue weighted by Gasteiger charge is -2.44. The van der Waals surface area contributed by atoms with Gasteiger partial charge in [-0.2, -0.15) is 0 Å². The smallest absolute Gasteiger partial charge is 0.311 e. The number of aliphatic hydroxyl groups excluding tert-OH is 2. The SMILES string of the molecule is [2H]C([2H])([2H])C(CC)(C(=O)O[C@@H]1C[C@H](C)C=C2C=C[C@@H](C)[C@@H](CC[C@H](O)C[C@H](O)CC(=O)[O-])[C@@H]21)C([2H])([2H])[2H].[NH4+]. The van der Waals surface area contributed by atoms with Crippen LogP contribution in [-0.4, -0.2) is 40.5 Å². The van der Waals surface area contributed by atoms with Gasteiger partial charge in [0, 0.05) is 26.5 Å². The van der Waals surface area contributed by atoms with E-state index < -0.39 is 62.2 Å². The maximum Gasteiger partial charge on any atom is 0.311 e. The summed E-state index contributed by atoms with van der Waals surface area (Å²) in [6, 6.07) is 0. The summed E-state index contributed by atoms with van der Waals surface area (Å²) in [5, 5.41) is 30.9. The maximum atomic E-state index is 13.4. The molecule has 0 bridgehead atoms. The molecule has 7 atom stereocenters. The minimum atomic E-state index is -3.10. The van der Waals surface area contributed by atoms with Gasteiger partial charge in [-0.25, -0.2) is 0 Å². The second-order valence-corrected chi connectivity index (χ2v) is 9.19. The van der Waals surface area contributed by atoms with E-state index in [1.54, 1.807) is 0 Å². The number of carboxylic acid groups (broad SMARTS) is 1. The Labute approximate surface area is 200 Å². The Bertz CT molecular complexity index is 873. The van der Waals surface area contributed by atoms with Gasteiger partial charge < -0.3 is 31.0 Å². The number of carbonyl (C=O) groups is 2. The molecule has 0 fully saturated rings. The number of esters is 1. The lowest BCUT2D eigenvalue weighted by molar-refractivity contribution is -0.307. The molecule has 0 aromatic rings. The van der Waals surface area contributed by atoms with Crippen LogP contribution in [0.5, 0.6) is 0 Å². The predicted molar refractivity (Wildman–Crippen MR) is 123 cm³/mol. The zero-order valence-electron chi connectivity index (χ0n) is 25.5. The largest absolute Gasteiger partial charge is 0.550 e. The fourth-order valence-electron chi connectivity index (χ4n) is 4.70. The Morgan fingerprint density at radius 3 is 2.59 bits per heavy atom. The number of carbonyl (C=O) groups excluding carboxylic acids is 2. The lowest BCUT2D eigenvalue weighted by Crippen LogP contribution is -2.43. The van der Waals surface area contributed by atoms with E-state index in [9.17, 15) is 24.9 Å². The Morgan fingerprint density at radius 1 is 1.31 bits per heavy atom. The van der Waals surface area contributed by atoms with E-state index in [0.717, 1.165) is 5.57 Å². The van der Waals surface area contributed by atoms with Crippen molar-refractivity contribution in [1.82, 2.24) is 6.15 Å². The van der Waals surface area contributed by atoms with Crippen LogP contribution in [0.15, 0.2) is 23.8 Å². The van der Waals surface area contributed by atoms with Crippen LogP contribution in [0.4, 0.5) is 0 Å². The van der Waals surface area contributed by atoms with E-state index in [-0.39, 0.29) is 42.7 Å². The molecule has 0 radical (unpaired) electrons. The summed E-state index contributed by atoms with van der Waals surface area (Å²) >= 11 is 0. The van der Waals surface area contributed by atoms with Gasteiger partial charge in [0.1, 0.15) is 6.10 Å². The van der Waals surface area contributed by atoms with Gasteiger partial charge in [0.2, 0.25) is 0 Å². The van der Waals surface area contributed by atoms with Crippen LogP contribution in [0.2, 0.25) is 0 Å². The number of carboxylic acids is 1. The van der Waals surface area contributed by atoms with Gasteiger partial charge in [0.05, 0.1) is 17.6 Å². The molecule has 0 saturated heterocycles. The first kappa shape index (κ1) is 19.7. The molecule has 2 rings (SSSR count). The summed E-state index contributed by atoms with van der Waals surface area (Å²) in [4.78, 5) is 24.1. The molecule has 0 aromatic carbocycles. The molecule has 6 N–H and O–H groups in total. The number of aliphatic carboxylic acids is 1. The minimum absolute atomic E-state index is 0. The third-order valence-corrected chi connectivity index (χ3v) is 6.51. The molecular formula is C25H43NO6. The zero-order valence-corrected chi connectivity index (χ0v) is 19.5. The third kappa shape index (κ3) is 7.42. The molecule has 0 amide bonds. The van der Waals surface area contributed by atoms with Gasteiger partial charge in [-0.1, -0.05) is 39.0 Å². The van der Waals surface area contributed by atoms with Crippen LogP contribution in [-0.2, 0) is 14.3 Å². The second kappa shape index (κ2) is 12.0. The number of aliphatic hydroxyl groups is 2. The fourth-order valence-corrected chi connectivity index (χ4v) is 4.70. The molecule has 0 aliphatic heterocycles. The molecule has 184 valence electrons. The molecule has 7 heteroatoms. The van der Waals surface area contributed by atoms with Crippen molar-refractivity contribution in [1.29, 1.82) is 0 Å². The number of rotatable bonds is 10. The first-order valence-electron chi connectivity index (χ1n) is 14.1. The Morgan fingerprint density at radius 2 is 2.00 bits per heavy atom. The van der Waals surface area contributed by atoms with Crippen LogP contribution in [0, 0.1) is 29.1 Å². The van der Waals surface area contributed by atoms with Crippen molar-refractivity contribution in [2.24, 2.45) is 29.1 Å². The highest BCUT2D eigenvalue weighted by Gasteiger charge is 2.42. The predicted octanol–water partition coefficient (Wildman–Crippen LogP) is 3.15. The van der Waals surface area contributed by atoms with Crippen LogP contribution >= 0.6 is 0 Å². The number of ether oxygens (including phenoxy) is 1. The van der Waals surface area contributed by atoms with Crippen molar-refractivity contribution in [2.75, 3.05) is 0 Å². The lowest BCUT2D eigenvalue weighted by atomic mass is 9.65. The summed E-state index contributed by atoms with van der Waals surface area (Å²) in [7, 11) is 0. The van der Waals surface area contributed by atoms with E-state index in [4.69, 9.17) is 13.0 Å². The Hall–Kier alpha value is -1.70. The monoisotopic (exact) mass is 459 g/mol. The van der Waals surface area contributed by atoms with Gasteiger partial charge >= 0.3 is 5.97 Å². The highest BCUT2D eigenvalue weighted by Crippen LogP contribution is 2.45. The van der Waals surface area contributed by atoms with Crippen molar-refractivity contribution in [2.45, 2.75) is 91.3 Å². The second-order valence-electron chi connectivity index (χ2n) is 9.19. The number of quaternary nitrogens is 1. The quantitative estimate of drug-likeness (QED) is 0.428. The molecule has 0 saturated carbocycles. The van der Waals surface area contributed by atoms with Gasteiger partial charge in [0.15, 0.2) is 0 Å². The highest BCUT2D eigenvalue weighted by molar-refractivity contribution is 5.76. The molecule has 7 nitrogen and oxygen atoms in total. The van der Waals surface area contributed by atoms with Crippen LogP contribution in [0.1, 0.15) is 81.2 Å². The van der Waals surface area contributed by atoms with E-state index in [1.807, 2.05) is 26.0 Å². The molecule has 2 aliphatic rings. The van der Waals surface area contributed by atoms with Crippen molar-refractivity contribution < 1.29 is 37.9 Å². The average Bonchev–Trinajstić information content (AvgIpc) is 2.71. The summed E-state index contributed by atoms with van der Waals surface area (Å²) in [6.45, 7) is -0.919. The van der Waals surface area contributed by atoms with Crippen molar-refractivity contribution in [3.63, 3.8) is 0 Å². The van der Waals surface area contributed by atoms with Gasteiger partial charge in [0.25, 0.3) is 0 Å².